The van der Waals surface area contributed by atoms with E-state index in [4.69, 9.17) is 10.5 Å². The van der Waals surface area contributed by atoms with Gasteiger partial charge in [0.15, 0.2) is 0 Å². The largest absolute Gasteiger partial charge is 0.446 e. The van der Waals surface area contributed by atoms with Crippen molar-refractivity contribution in [2.75, 3.05) is 18.5 Å². The average molecular weight is 564 g/mol. The number of likely N-dealkylation sites (N-methyl/N-ethyl adjacent to an activating group) is 1. The van der Waals surface area contributed by atoms with Gasteiger partial charge in [-0.3, -0.25) is 19.2 Å². The number of nitrogens with one attached hydrogen (secondary N) is 2. The molecule has 0 saturated heterocycles. The number of benzodiazepines with no additional fused rings is 1. The number of aliphatic imine (C=N–C) groups is 1. The molecule has 3 aromatic carbocycles. The van der Waals surface area contributed by atoms with Crippen molar-refractivity contribution in [2.45, 2.75) is 25.2 Å². The molecule has 4 rings (SSSR count). The zero-order valence-corrected chi connectivity index (χ0v) is 22.1. The molecule has 3 aromatic rings. The third kappa shape index (κ3) is 6.61. The highest BCUT2D eigenvalue weighted by atomic mass is 19.1. The van der Waals surface area contributed by atoms with Gasteiger partial charge in [-0.2, -0.15) is 0 Å². The van der Waals surface area contributed by atoms with Crippen molar-refractivity contribution in [3.63, 3.8) is 0 Å². The van der Waals surface area contributed by atoms with E-state index in [0.29, 0.717) is 23.0 Å². The molecule has 0 spiro atoms. The third-order valence-corrected chi connectivity index (χ3v) is 6.26. The lowest BCUT2D eigenvalue weighted by atomic mass is 10.0. The summed E-state index contributed by atoms with van der Waals surface area (Å²) in [4.78, 5) is 57.3. The standard InChI is InChI=1S/C29H27F2N5O5/c1-16(33-28(39)25(41-23(37)15-32)18-12-19(30)14-20(31)13-18)27(38)35-26-29(40)36(2)22-11-7-6-10-21(22)24(34-26)17-8-4-3-5-9-17/h3-14,16,25-26H,15,32H2,1-2H3,(H,33,39)(H,35,38)/t16-,25?,26?/m0/s1. The Morgan fingerprint density at radius 3 is 2.29 bits per heavy atom. The minimum Gasteiger partial charge on any atom is -0.446 e. The number of carbonyl (C=O) groups excluding carboxylic acids is 4. The van der Waals surface area contributed by atoms with E-state index in [1.165, 1.54) is 11.8 Å². The van der Waals surface area contributed by atoms with Crippen LogP contribution in [0.5, 0.6) is 0 Å². The first-order valence-corrected chi connectivity index (χ1v) is 12.6. The summed E-state index contributed by atoms with van der Waals surface area (Å²) < 4.78 is 32.7. The maximum Gasteiger partial charge on any atom is 0.320 e. The highest BCUT2D eigenvalue weighted by Crippen LogP contribution is 2.27. The number of esters is 1. The number of rotatable bonds is 8. The summed E-state index contributed by atoms with van der Waals surface area (Å²) in [6.45, 7) is 0.724. The Balaban J connectivity index is 1.58. The molecule has 3 amide bonds. The van der Waals surface area contributed by atoms with Gasteiger partial charge in [0, 0.05) is 29.8 Å². The molecule has 12 heteroatoms. The van der Waals surface area contributed by atoms with Crippen LogP contribution in [0.15, 0.2) is 77.8 Å². The topological polar surface area (TPSA) is 143 Å². The number of ether oxygens (including phenoxy) is 1. The number of halogens is 2. The minimum atomic E-state index is -1.80. The van der Waals surface area contributed by atoms with E-state index in [2.05, 4.69) is 15.6 Å². The average Bonchev–Trinajstić information content (AvgIpc) is 3.06. The molecule has 0 bridgehead atoms. The number of nitrogens with zero attached hydrogens (tertiary/aromatic N) is 2. The fraction of sp³-hybridized carbons (Fsp3) is 0.207. The van der Waals surface area contributed by atoms with Crippen molar-refractivity contribution in [3.8, 4) is 0 Å². The van der Waals surface area contributed by atoms with Gasteiger partial charge in [-0.05, 0) is 25.1 Å². The lowest BCUT2D eigenvalue weighted by Crippen LogP contribution is -2.53. The zero-order valence-electron chi connectivity index (χ0n) is 22.1. The molecule has 0 aliphatic carbocycles. The van der Waals surface area contributed by atoms with Crippen LogP contribution in [-0.4, -0.2) is 55.2 Å². The predicted molar refractivity (Wildman–Crippen MR) is 146 cm³/mol. The summed E-state index contributed by atoms with van der Waals surface area (Å²) in [7, 11) is 1.56. The molecule has 0 fully saturated rings. The molecule has 0 aromatic heterocycles. The van der Waals surface area contributed by atoms with Gasteiger partial charge >= 0.3 is 5.97 Å². The van der Waals surface area contributed by atoms with Gasteiger partial charge in [0.25, 0.3) is 11.8 Å². The number of benzene rings is 3. The summed E-state index contributed by atoms with van der Waals surface area (Å²) in [6.07, 6.45) is -3.15. The van der Waals surface area contributed by atoms with Gasteiger partial charge in [0.05, 0.1) is 17.9 Å². The molecule has 2 unspecified atom stereocenters. The van der Waals surface area contributed by atoms with Crippen molar-refractivity contribution in [3.05, 3.63) is 101 Å². The van der Waals surface area contributed by atoms with Gasteiger partial charge in [-0.1, -0.05) is 48.5 Å². The van der Waals surface area contributed by atoms with Gasteiger partial charge in [-0.15, -0.1) is 0 Å². The first kappa shape index (κ1) is 29.0. The maximum absolute atomic E-state index is 13.8. The monoisotopic (exact) mass is 563 g/mol. The van der Waals surface area contributed by atoms with Crippen LogP contribution in [0.3, 0.4) is 0 Å². The molecule has 1 heterocycles. The van der Waals surface area contributed by atoms with Crippen LogP contribution < -0.4 is 21.3 Å². The molecule has 0 radical (unpaired) electrons. The number of carbonyl (C=O) groups is 4. The maximum atomic E-state index is 13.8. The van der Waals surface area contributed by atoms with E-state index in [1.807, 2.05) is 42.5 Å². The fourth-order valence-electron chi connectivity index (χ4n) is 4.24. The van der Waals surface area contributed by atoms with Crippen LogP contribution in [0.4, 0.5) is 14.5 Å². The molecule has 0 saturated carbocycles. The lowest BCUT2D eigenvalue weighted by molar-refractivity contribution is -0.155. The van der Waals surface area contributed by atoms with Gasteiger partial charge in [-0.25, -0.2) is 13.8 Å². The smallest absolute Gasteiger partial charge is 0.320 e. The van der Waals surface area contributed by atoms with Crippen LogP contribution >= 0.6 is 0 Å². The van der Waals surface area contributed by atoms with E-state index < -0.39 is 60.2 Å². The quantitative estimate of drug-likeness (QED) is 0.358. The van der Waals surface area contributed by atoms with Crippen LogP contribution in [-0.2, 0) is 23.9 Å². The number of amides is 3. The number of para-hydroxylation sites is 1. The Morgan fingerprint density at radius 1 is 1.00 bits per heavy atom. The Hall–Kier alpha value is -4.97. The van der Waals surface area contributed by atoms with E-state index in [1.54, 1.807) is 19.2 Å². The molecule has 1 aliphatic heterocycles. The lowest BCUT2D eigenvalue weighted by Gasteiger charge is -2.23. The molecular weight excluding hydrogens is 536 g/mol. The van der Waals surface area contributed by atoms with Crippen LogP contribution in [0.25, 0.3) is 0 Å². The second-order valence-corrected chi connectivity index (χ2v) is 9.18. The highest BCUT2D eigenvalue weighted by Gasteiger charge is 2.33. The Bertz CT molecular complexity index is 1490. The van der Waals surface area contributed by atoms with E-state index in [0.717, 1.165) is 17.7 Å². The predicted octanol–water partition coefficient (Wildman–Crippen LogP) is 1.97. The van der Waals surface area contributed by atoms with Gasteiger partial charge in [0.2, 0.25) is 18.2 Å². The molecule has 1 aliphatic rings. The molecule has 10 nitrogen and oxygen atoms in total. The summed E-state index contributed by atoms with van der Waals surface area (Å²) >= 11 is 0. The highest BCUT2D eigenvalue weighted by molar-refractivity contribution is 6.20. The van der Waals surface area contributed by atoms with Crippen molar-refractivity contribution in [1.82, 2.24) is 10.6 Å². The number of hydrogen-bond donors (Lipinski definition) is 3. The first-order chi connectivity index (χ1) is 19.6. The molecule has 4 N–H and O–H groups in total. The molecule has 41 heavy (non-hydrogen) atoms. The summed E-state index contributed by atoms with van der Waals surface area (Å²) in [6, 6.07) is 17.2. The van der Waals surface area contributed by atoms with Gasteiger partial charge in [0.1, 0.15) is 17.7 Å². The first-order valence-electron chi connectivity index (χ1n) is 12.6. The number of hydrogen-bond acceptors (Lipinski definition) is 7. The minimum absolute atomic E-state index is 0.301. The Labute approximate surface area is 234 Å². The third-order valence-electron chi connectivity index (χ3n) is 6.26. The number of nitrogens with two attached hydrogens (primary N) is 1. The fourth-order valence-corrected chi connectivity index (χ4v) is 4.24. The second kappa shape index (κ2) is 12.5. The van der Waals surface area contributed by atoms with Crippen LogP contribution in [0, 0.1) is 11.6 Å². The van der Waals surface area contributed by atoms with E-state index in [-0.39, 0.29) is 5.56 Å². The van der Waals surface area contributed by atoms with Crippen molar-refractivity contribution in [1.29, 1.82) is 0 Å². The SMILES string of the molecule is C[C@H](NC(=O)C(OC(=O)CN)c1cc(F)cc(F)c1)C(=O)NC1N=C(c2ccccc2)c2ccccc2N(C)C1=O. The molecule has 212 valence electrons. The normalized spacial score (nSPS) is 16.0. The summed E-state index contributed by atoms with van der Waals surface area (Å²) in [5.41, 5.74) is 7.43. The van der Waals surface area contributed by atoms with Crippen molar-refractivity contribution >= 4 is 35.1 Å². The van der Waals surface area contributed by atoms with Crippen molar-refractivity contribution < 1.29 is 32.7 Å². The van der Waals surface area contributed by atoms with Crippen LogP contribution in [0.2, 0.25) is 0 Å². The Morgan fingerprint density at radius 2 is 1.63 bits per heavy atom. The summed E-state index contributed by atoms with van der Waals surface area (Å²) in [5.74, 6) is -5.37. The number of fused-ring (bicyclic) bond motifs is 1. The second-order valence-electron chi connectivity index (χ2n) is 9.18. The zero-order chi connectivity index (χ0) is 29.7. The van der Waals surface area contributed by atoms with E-state index >= 15 is 0 Å². The van der Waals surface area contributed by atoms with Crippen LogP contribution in [0.1, 0.15) is 29.7 Å². The summed E-state index contributed by atoms with van der Waals surface area (Å²) in [5, 5.41) is 4.90. The Kier molecular flexibility index (Phi) is 8.83. The molecular formula is C29H27F2N5O5. The van der Waals surface area contributed by atoms with Crippen molar-refractivity contribution in [2.24, 2.45) is 10.7 Å². The molecule has 3 atom stereocenters. The van der Waals surface area contributed by atoms with Gasteiger partial charge < -0.3 is 26.0 Å². The number of anilines is 1. The van der Waals surface area contributed by atoms with E-state index in [9.17, 15) is 28.0 Å².